The first kappa shape index (κ1) is 12.8. The van der Waals surface area contributed by atoms with E-state index in [1.54, 1.807) is 0 Å². The molecule has 6 heteroatoms. The van der Waals surface area contributed by atoms with E-state index in [2.05, 4.69) is 10.6 Å². The number of rotatable bonds is 3. The molecule has 0 saturated carbocycles. The molecule has 5 nitrogen and oxygen atoms in total. The highest BCUT2D eigenvalue weighted by atomic mass is 32.2. The summed E-state index contributed by atoms with van der Waals surface area (Å²) < 4.78 is 22.5. The second-order valence-corrected chi connectivity index (χ2v) is 7.25. The van der Waals surface area contributed by atoms with E-state index in [0.717, 1.165) is 25.8 Å². The zero-order valence-corrected chi connectivity index (χ0v) is 10.8. The molecule has 0 aliphatic carbocycles. The Balaban J connectivity index is 1.73. The van der Waals surface area contributed by atoms with Gasteiger partial charge < -0.3 is 10.6 Å². The van der Waals surface area contributed by atoms with Gasteiger partial charge >= 0.3 is 0 Å². The molecule has 1 amide bonds. The summed E-state index contributed by atoms with van der Waals surface area (Å²) in [6, 6.07) is -0.0817. The lowest BCUT2D eigenvalue weighted by molar-refractivity contribution is -0.123. The molecule has 17 heavy (non-hydrogen) atoms. The highest BCUT2D eigenvalue weighted by Gasteiger charge is 2.29. The van der Waals surface area contributed by atoms with Gasteiger partial charge in [0.2, 0.25) is 5.91 Å². The van der Waals surface area contributed by atoms with Crippen LogP contribution in [0.3, 0.4) is 0 Å². The van der Waals surface area contributed by atoms with Crippen LogP contribution in [0, 0.1) is 5.92 Å². The fourth-order valence-electron chi connectivity index (χ4n) is 2.48. The second-order valence-electron chi connectivity index (χ2n) is 5.02. The molecule has 2 fully saturated rings. The fraction of sp³-hybridized carbons (Fsp3) is 0.909. The number of carbonyl (C=O) groups excluding carboxylic acids is 1. The molecule has 0 bridgehead atoms. The minimum Gasteiger partial charge on any atom is -0.354 e. The van der Waals surface area contributed by atoms with Crippen molar-refractivity contribution in [2.24, 2.45) is 5.92 Å². The number of hydrogen-bond donors (Lipinski definition) is 2. The van der Waals surface area contributed by atoms with E-state index in [1.807, 2.05) is 0 Å². The zero-order chi connectivity index (χ0) is 12.3. The molecule has 98 valence electrons. The van der Waals surface area contributed by atoms with Crippen LogP contribution in [0.25, 0.3) is 0 Å². The predicted octanol–water partition coefficient (Wildman–Crippen LogP) is -0.321. The Kier molecular flexibility index (Phi) is 4.04. The molecule has 2 N–H and O–H groups in total. The third-order valence-electron chi connectivity index (χ3n) is 3.52. The average Bonchev–Trinajstić information content (AvgIpc) is 2.67. The Labute approximate surface area is 102 Å². The highest BCUT2D eigenvalue weighted by molar-refractivity contribution is 7.91. The largest absolute Gasteiger partial charge is 0.354 e. The van der Waals surface area contributed by atoms with Crippen LogP contribution in [0.2, 0.25) is 0 Å². The van der Waals surface area contributed by atoms with E-state index in [4.69, 9.17) is 0 Å². The van der Waals surface area contributed by atoms with E-state index >= 15 is 0 Å². The number of amides is 1. The molecule has 1 unspecified atom stereocenters. The third-order valence-corrected chi connectivity index (χ3v) is 5.36. The van der Waals surface area contributed by atoms with Gasteiger partial charge in [-0.05, 0) is 31.7 Å². The summed E-state index contributed by atoms with van der Waals surface area (Å²) in [4.78, 5) is 11.8. The molecule has 2 heterocycles. The van der Waals surface area contributed by atoms with E-state index in [0.29, 0.717) is 13.0 Å². The van der Waals surface area contributed by atoms with E-state index < -0.39 is 9.84 Å². The van der Waals surface area contributed by atoms with Crippen LogP contribution < -0.4 is 10.6 Å². The van der Waals surface area contributed by atoms with Crippen LogP contribution in [0.4, 0.5) is 0 Å². The van der Waals surface area contributed by atoms with E-state index in [1.165, 1.54) is 0 Å². The zero-order valence-electron chi connectivity index (χ0n) is 9.94. The van der Waals surface area contributed by atoms with Crippen LogP contribution in [-0.2, 0) is 14.6 Å². The van der Waals surface area contributed by atoms with Gasteiger partial charge in [0.25, 0.3) is 0 Å². The maximum absolute atomic E-state index is 11.8. The summed E-state index contributed by atoms with van der Waals surface area (Å²) in [6.45, 7) is 1.39. The summed E-state index contributed by atoms with van der Waals surface area (Å²) in [5.74, 6) is 0.627. The van der Waals surface area contributed by atoms with E-state index in [9.17, 15) is 13.2 Å². The summed E-state index contributed by atoms with van der Waals surface area (Å²) in [5.41, 5.74) is 0. The minimum absolute atomic E-state index is 0.0222. The van der Waals surface area contributed by atoms with Crippen molar-refractivity contribution in [1.82, 2.24) is 10.6 Å². The quantitative estimate of drug-likeness (QED) is 0.729. The van der Waals surface area contributed by atoms with Crippen LogP contribution in [0.1, 0.15) is 25.7 Å². The summed E-state index contributed by atoms with van der Waals surface area (Å²) in [5, 5.41) is 6.05. The predicted molar refractivity (Wildman–Crippen MR) is 65.4 cm³/mol. The van der Waals surface area contributed by atoms with Crippen molar-refractivity contribution in [3.05, 3.63) is 0 Å². The highest BCUT2D eigenvalue weighted by Crippen LogP contribution is 2.17. The molecular formula is C11H20N2O3S. The second kappa shape index (κ2) is 5.35. The van der Waals surface area contributed by atoms with Crippen molar-refractivity contribution < 1.29 is 13.2 Å². The summed E-state index contributed by atoms with van der Waals surface area (Å²) in [7, 11) is -2.84. The molecule has 0 aromatic heterocycles. The summed E-state index contributed by atoms with van der Waals surface area (Å²) in [6.07, 6.45) is 3.78. The normalized spacial score (nSPS) is 32.2. The molecule has 2 atom stereocenters. The lowest BCUT2D eigenvalue weighted by atomic mass is 10.0. The Hall–Kier alpha value is -0.620. The molecule has 2 aliphatic rings. The van der Waals surface area contributed by atoms with Crippen molar-refractivity contribution in [3.63, 3.8) is 0 Å². The lowest BCUT2D eigenvalue weighted by Gasteiger charge is -2.23. The van der Waals surface area contributed by atoms with Crippen molar-refractivity contribution >= 4 is 15.7 Å². The molecular weight excluding hydrogens is 240 g/mol. The van der Waals surface area contributed by atoms with Crippen LogP contribution in [-0.4, -0.2) is 45.0 Å². The minimum atomic E-state index is -2.84. The number of sulfone groups is 1. The first-order valence-electron chi connectivity index (χ1n) is 6.28. The van der Waals surface area contributed by atoms with Gasteiger partial charge in [-0.2, -0.15) is 0 Å². The standard InChI is InChI=1S/C11H20N2O3S/c14-11(10-3-1-2-5-12-10)13-7-9-4-6-17(15,16)8-9/h9-10,12H,1-8H2,(H,13,14)/t9?,10-/m0/s1. The maximum Gasteiger partial charge on any atom is 0.237 e. The Morgan fingerprint density at radius 2 is 2.12 bits per heavy atom. The molecule has 0 radical (unpaired) electrons. The van der Waals surface area contributed by atoms with Crippen LogP contribution in [0.5, 0.6) is 0 Å². The first-order chi connectivity index (χ1) is 8.07. The topological polar surface area (TPSA) is 75.3 Å². The molecule has 0 aromatic carbocycles. The summed E-state index contributed by atoms with van der Waals surface area (Å²) >= 11 is 0. The number of hydrogen-bond acceptors (Lipinski definition) is 4. The monoisotopic (exact) mass is 260 g/mol. The molecule has 0 spiro atoms. The number of piperidine rings is 1. The molecule has 2 aliphatic heterocycles. The van der Waals surface area contributed by atoms with Gasteiger partial charge in [-0.3, -0.25) is 4.79 Å². The molecule has 0 aromatic rings. The van der Waals surface area contributed by atoms with Crippen molar-refractivity contribution in [1.29, 1.82) is 0 Å². The average molecular weight is 260 g/mol. The maximum atomic E-state index is 11.8. The van der Waals surface area contributed by atoms with Gasteiger partial charge in [-0.15, -0.1) is 0 Å². The van der Waals surface area contributed by atoms with Crippen molar-refractivity contribution in [2.75, 3.05) is 24.6 Å². The molecule has 2 saturated heterocycles. The van der Waals surface area contributed by atoms with Crippen molar-refractivity contribution in [3.8, 4) is 0 Å². The SMILES string of the molecule is O=C(NCC1CCS(=O)(=O)C1)[C@@H]1CCCCN1. The van der Waals surface area contributed by atoms with Gasteiger partial charge in [0.05, 0.1) is 17.5 Å². The Morgan fingerprint density at radius 1 is 1.29 bits per heavy atom. The van der Waals surface area contributed by atoms with Gasteiger partial charge in [0, 0.05) is 6.54 Å². The van der Waals surface area contributed by atoms with Crippen LogP contribution in [0.15, 0.2) is 0 Å². The van der Waals surface area contributed by atoms with Gasteiger partial charge in [0.15, 0.2) is 9.84 Å². The fourth-order valence-corrected chi connectivity index (χ4v) is 4.34. The Morgan fingerprint density at radius 3 is 2.71 bits per heavy atom. The first-order valence-corrected chi connectivity index (χ1v) is 8.10. The third kappa shape index (κ3) is 3.67. The van der Waals surface area contributed by atoms with Gasteiger partial charge in [-0.25, -0.2) is 8.42 Å². The number of carbonyl (C=O) groups is 1. The Bertz CT molecular complexity index is 374. The van der Waals surface area contributed by atoms with Gasteiger partial charge in [-0.1, -0.05) is 6.42 Å². The van der Waals surface area contributed by atoms with Gasteiger partial charge in [0.1, 0.15) is 0 Å². The lowest BCUT2D eigenvalue weighted by Crippen LogP contribution is -2.47. The molecule has 2 rings (SSSR count). The number of nitrogens with one attached hydrogen (secondary N) is 2. The van der Waals surface area contributed by atoms with Crippen LogP contribution >= 0.6 is 0 Å². The smallest absolute Gasteiger partial charge is 0.237 e. The van der Waals surface area contributed by atoms with Crippen molar-refractivity contribution in [2.45, 2.75) is 31.7 Å². The van der Waals surface area contributed by atoms with E-state index in [-0.39, 0.29) is 29.4 Å².